The average Bonchev–Trinajstić information content (AvgIpc) is 3.78. The van der Waals surface area contributed by atoms with Gasteiger partial charge in [0.2, 0.25) is 11.9 Å². The van der Waals surface area contributed by atoms with Crippen molar-refractivity contribution in [3.05, 3.63) is 48.7 Å². The molecule has 6 rings (SSSR count). The summed E-state index contributed by atoms with van der Waals surface area (Å²) in [4.78, 5) is 28.0. The van der Waals surface area contributed by atoms with Gasteiger partial charge in [-0.2, -0.15) is 33.6 Å². The van der Waals surface area contributed by atoms with Crippen molar-refractivity contribution in [2.45, 2.75) is 44.9 Å². The Bertz CT molecular complexity index is 1820. The molecule has 0 unspecified atom stereocenters. The number of hydrogen-bond donors (Lipinski definition) is 1. The Morgan fingerprint density at radius 1 is 1.15 bits per heavy atom. The minimum Gasteiger partial charge on any atom is -0.363 e. The zero-order valence-electron chi connectivity index (χ0n) is 27.1. The molecule has 4 aromatic rings. The molecule has 2 fully saturated rings. The average molecular weight is 666 g/mol. The number of halogens is 3. The Morgan fingerprint density at radius 3 is 2.60 bits per heavy atom. The Labute approximate surface area is 275 Å². The fourth-order valence-corrected chi connectivity index (χ4v) is 6.20. The molecule has 1 N–H and O–H groups in total. The Balaban J connectivity index is 1.05. The molecule has 48 heavy (non-hydrogen) atoms. The van der Waals surface area contributed by atoms with Crippen molar-refractivity contribution in [2.75, 3.05) is 63.1 Å². The number of pyridine rings is 1. The third kappa shape index (κ3) is 6.98. The molecule has 0 spiro atoms. The van der Waals surface area contributed by atoms with Crippen molar-refractivity contribution in [3.8, 4) is 6.07 Å². The number of nitrogens with zero attached hydrogens (tertiary/aromatic N) is 12. The lowest BCUT2D eigenvalue weighted by atomic mass is 9.86. The van der Waals surface area contributed by atoms with Gasteiger partial charge in [-0.1, -0.05) is 13.8 Å². The van der Waals surface area contributed by atoms with Gasteiger partial charge in [0, 0.05) is 76.5 Å². The van der Waals surface area contributed by atoms with E-state index in [4.69, 9.17) is 0 Å². The number of aliphatic imine (C=N–C) groups is 1. The molecule has 0 saturated carbocycles. The van der Waals surface area contributed by atoms with Crippen LogP contribution in [-0.4, -0.2) is 109 Å². The molecule has 254 valence electrons. The van der Waals surface area contributed by atoms with Crippen molar-refractivity contribution in [2.24, 2.45) is 10.4 Å². The van der Waals surface area contributed by atoms with E-state index in [9.17, 15) is 23.2 Å². The van der Waals surface area contributed by atoms with Crippen molar-refractivity contribution >= 4 is 35.1 Å². The Hall–Kier alpha value is -4.98. The lowest BCUT2D eigenvalue weighted by molar-refractivity contribution is -0.137. The van der Waals surface area contributed by atoms with E-state index in [1.807, 2.05) is 22.1 Å². The van der Waals surface area contributed by atoms with Gasteiger partial charge in [0.15, 0.2) is 5.65 Å². The van der Waals surface area contributed by atoms with Gasteiger partial charge in [0.1, 0.15) is 12.1 Å². The second-order valence-electron chi connectivity index (χ2n) is 13.1. The number of hydrogen-bond acceptors (Lipinski definition) is 10. The molecule has 2 saturated heterocycles. The SMILES string of the molecule is CN=CC(C)(C)CCN1CCN(C(=O)Cn2cc(Nc3nc4c(N5CC(CC#N)(n6cc(C(F)(F)F)cn6)C5)cccn4n3)cn2)CC1. The first kappa shape index (κ1) is 32.9. The van der Waals surface area contributed by atoms with E-state index in [0.717, 1.165) is 44.1 Å². The molecule has 2 aliphatic rings. The number of nitriles is 1. The van der Waals surface area contributed by atoms with Crippen LogP contribution in [0.5, 0.6) is 0 Å². The van der Waals surface area contributed by atoms with Gasteiger partial charge < -0.3 is 20.1 Å². The molecule has 4 aromatic heterocycles. The number of carbonyl (C=O) groups is 1. The fourth-order valence-electron chi connectivity index (χ4n) is 6.20. The zero-order valence-corrected chi connectivity index (χ0v) is 27.1. The lowest BCUT2D eigenvalue weighted by Crippen LogP contribution is -2.63. The van der Waals surface area contributed by atoms with Gasteiger partial charge in [-0.25, -0.2) is 4.52 Å². The van der Waals surface area contributed by atoms with Crippen LogP contribution in [0.15, 0.2) is 48.1 Å². The second kappa shape index (κ2) is 12.9. The number of piperazine rings is 1. The van der Waals surface area contributed by atoms with Crippen LogP contribution in [0.3, 0.4) is 0 Å². The summed E-state index contributed by atoms with van der Waals surface area (Å²) < 4.78 is 44.1. The number of nitrogens with one attached hydrogen (secondary N) is 1. The van der Waals surface area contributed by atoms with Crippen LogP contribution >= 0.6 is 0 Å². The molecule has 0 atom stereocenters. The van der Waals surface area contributed by atoms with E-state index >= 15 is 0 Å². The van der Waals surface area contributed by atoms with Gasteiger partial charge in [0.25, 0.3) is 0 Å². The van der Waals surface area contributed by atoms with Crippen LogP contribution < -0.4 is 10.2 Å². The summed E-state index contributed by atoms with van der Waals surface area (Å²) >= 11 is 0. The molecule has 14 nitrogen and oxygen atoms in total. The first-order chi connectivity index (χ1) is 22.9. The van der Waals surface area contributed by atoms with E-state index in [-0.39, 0.29) is 37.4 Å². The van der Waals surface area contributed by atoms with Gasteiger partial charge in [-0.05, 0) is 25.1 Å². The minimum absolute atomic E-state index is 0.00149. The van der Waals surface area contributed by atoms with Crippen molar-refractivity contribution < 1.29 is 18.0 Å². The number of alkyl halides is 3. The van der Waals surface area contributed by atoms with Gasteiger partial charge in [-0.15, -0.1) is 5.10 Å². The van der Waals surface area contributed by atoms with E-state index in [1.54, 1.807) is 40.9 Å². The fraction of sp³-hybridized carbons (Fsp3) is 0.516. The summed E-state index contributed by atoms with van der Waals surface area (Å²) in [5, 5.41) is 25.4. The third-order valence-electron chi connectivity index (χ3n) is 8.92. The number of fused-ring (bicyclic) bond motifs is 1. The van der Waals surface area contributed by atoms with E-state index in [0.29, 0.717) is 30.4 Å². The van der Waals surface area contributed by atoms with Crippen LogP contribution in [0.4, 0.5) is 30.5 Å². The summed E-state index contributed by atoms with van der Waals surface area (Å²) in [6, 6.07) is 5.74. The number of amides is 1. The molecule has 0 bridgehead atoms. The highest BCUT2D eigenvalue weighted by molar-refractivity contribution is 5.76. The molecule has 1 amide bonds. The second-order valence-corrected chi connectivity index (χ2v) is 13.1. The predicted molar refractivity (Wildman–Crippen MR) is 172 cm³/mol. The van der Waals surface area contributed by atoms with Crippen molar-refractivity contribution in [3.63, 3.8) is 0 Å². The highest BCUT2D eigenvalue weighted by Crippen LogP contribution is 2.39. The van der Waals surface area contributed by atoms with Crippen LogP contribution in [0.25, 0.3) is 5.65 Å². The molecule has 2 aliphatic heterocycles. The topological polar surface area (TPSA) is 141 Å². The molecule has 17 heteroatoms. The molecular formula is C31H38F3N13O. The minimum atomic E-state index is -4.52. The van der Waals surface area contributed by atoms with E-state index in [1.165, 1.54) is 4.68 Å². The van der Waals surface area contributed by atoms with Crippen LogP contribution in [0.2, 0.25) is 0 Å². The standard InChI is InChI=1S/C31H38F3N13O/c1-29(2,20-36-3)7-10-42-11-13-43(14-12-42)26(48)19-45-18-24(16-37-45)39-28-40-27-25(5-4-9-46(27)41-28)44-21-30(22-44,6-8-35)47-17-23(15-38-47)31(32,33)34/h4-5,9,15-18,20H,6-7,10-14,19,21-22H2,1-3H3,(H,39,41). The maximum atomic E-state index is 13.2. The van der Waals surface area contributed by atoms with E-state index in [2.05, 4.69) is 55.4 Å². The monoisotopic (exact) mass is 665 g/mol. The quantitative estimate of drug-likeness (QED) is 0.239. The summed E-state index contributed by atoms with van der Waals surface area (Å²) in [7, 11) is 1.80. The predicted octanol–water partition coefficient (Wildman–Crippen LogP) is 3.27. The van der Waals surface area contributed by atoms with Gasteiger partial charge in [-0.3, -0.25) is 19.1 Å². The smallest absolute Gasteiger partial charge is 0.363 e. The first-order valence-electron chi connectivity index (χ1n) is 15.7. The first-order valence-corrected chi connectivity index (χ1v) is 15.7. The van der Waals surface area contributed by atoms with Gasteiger partial charge in [0.05, 0.1) is 41.8 Å². The molecule has 6 heterocycles. The Kier molecular flexibility index (Phi) is 8.86. The number of rotatable bonds is 11. The zero-order chi connectivity index (χ0) is 34.1. The van der Waals surface area contributed by atoms with Crippen LogP contribution in [0.1, 0.15) is 32.3 Å². The summed E-state index contributed by atoms with van der Waals surface area (Å²) in [6.45, 7) is 8.99. The lowest BCUT2D eigenvalue weighted by Gasteiger charge is -2.50. The Morgan fingerprint density at radius 2 is 1.92 bits per heavy atom. The normalized spacial score (nSPS) is 17.2. The molecule has 0 aliphatic carbocycles. The highest BCUT2D eigenvalue weighted by Gasteiger charge is 2.47. The number of anilines is 3. The maximum Gasteiger partial charge on any atom is 0.419 e. The molecule has 0 radical (unpaired) electrons. The molecular weight excluding hydrogens is 627 g/mol. The summed E-state index contributed by atoms with van der Waals surface area (Å²) in [5.74, 6) is 0.313. The van der Waals surface area contributed by atoms with Gasteiger partial charge >= 0.3 is 6.18 Å². The van der Waals surface area contributed by atoms with Crippen LogP contribution in [0, 0.1) is 16.7 Å². The number of carbonyl (C=O) groups excluding carboxylic acids is 1. The van der Waals surface area contributed by atoms with Crippen molar-refractivity contribution in [1.29, 1.82) is 5.26 Å². The number of aromatic nitrogens is 7. The van der Waals surface area contributed by atoms with Crippen molar-refractivity contribution in [1.82, 2.24) is 44.0 Å². The third-order valence-corrected chi connectivity index (χ3v) is 8.92. The summed E-state index contributed by atoms with van der Waals surface area (Å²) in [5.41, 5.74) is 0.159. The largest absolute Gasteiger partial charge is 0.419 e. The van der Waals surface area contributed by atoms with E-state index < -0.39 is 17.3 Å². The van der Waals surface area contributed by atoms with Crippen LogP contribution in [-0.2, 0) is 23.1 Å². The summed E-state index contributed by atoms with van der Waals surface area (Å²) in [6.07, 6.45) is 5.28. The highest BCUT2D eigenvalue weighted by atomic mass is 19.4. The maximum absolute atomic E-state index is 13.2. The molecule has 0 aromatic carbocycles.